The summed E-state index contributed by atoms with van der Waals surface area (Å²) in [6.45, 7) is 4.34. The molecule has 1 atom stereocenters. The van der Waals surface area contributed by atoms with Crippen LogP contribution in [0.1, 0.15) is 19.4 Å². The first-order valence-electron chi connectivity index (χ1n) is 5.46. The minimum absolute atomic E-state index is 0.119. The summed E-state index contributed by atoms with van der Waals surface area (Å²) in [5.74, 6) is 0.395. The molecule has 1 aliphatic heterocycles. The largest absolute Gasteiger partial charge is 0.338 e. The molecule has 1 heterocycles. The van der Waals surface area contributed by atoms with E-state index >= 15 is 0 Å². The molecule has 1 saturated heterocycles. The molecule has 0 saturated carbocycles. The molecule has 1 aliphatic rings. The first-order valence-corrected chi connectivity index (χ1v) is 5.84. The van der Waals surface area contributed by atoms with Gasteiger partial charge in [0.15, 0.2) is 5.96 Å². The van der Waals surface area contributed by atoms with Gasteiger partial charge < -0.3 is 5.32 Å². The predicted molar refractivity (Wildman–Crippen MR) is 68.1 cm³/mol. The Hall–Kier alpha value is -1.55. The van der Waals surface area contributed by atoms with Gasteiger partial charge in [-0.25, -0.2) is 0 Å². The zero-order chi connectivity index (χ0) is 12.5. The zero-order valence-electron chi connectivity index (χ0n) is 9.75. The maximum absolute atomic E-state index is 12.0. The van der Waals surface area contributed by atoms with E-state index in [1.165, 1.54) is 0 Å². The Balaban J connectivity index is 2.37. The van der Waals surface area contributed by atoms with Crippen molar-refractivity contribution in [3.63, 3.8) is 0 Å². The van der Waals surface area contributed by atoms with Crippen LogP contribution in [0.5, 0.6) is 0 Å². The Morgan fingerprint density at radius 1 is 1.47 bits per heavy atom. The number of carbonyl (C=O) groups is 1. The molecule has 4 nitrogen and oxygen atoms in total. The lowest BCUT2D eigenvalue weighted by molar-refractivity contribution is -0.123. The van der Waals surface area contributed by atoms with Crippen molar-refractivity contribution in [1.82, 2.24) is 10.6 Å². The number of aliphatic imine (C=N–C) groups is 1. The number of rotatable bonds is 2. The Morgan fingerprint density at radius 2 is 2.24 bits per heavy atom. The van der Waals surface area contributed by atoms with Crippen molar-refractivity contribution in [1.29, 1.82) is 0 Å². The maximum atomic E-state index is 12.0. The number of guanidine groups is 1. The van der Waals surface area contributed by atoms with E-state index in [1.54, 1.807) is 12.1 Å². The quantitative estimate of drug-likeness (QED) is 0.840. The van der Waals surface area contributed by atoms with E-state index < -0.39 is 5.54 Å². The molecule has 1 aromatic carbocycles. The van der Waals surface area contributed by atoms with E-state index in [1.807, 2.05) is 26.0 Å². The molecule has 0 bridgehead atoms. The number of hydrogen-bond donors (Lipinski definition) is 2. The summed E-state index contributed by atoms with van der Waals surface area (Å²) in [5.41, 5.74) is 0.0163. The minimum atomic E-state index is -0.807. The van der Waals surface area contributed by atoms with Crippen molar-refractivity contribution >= 4 is 23.5 Å². The van der Waals surface area contributed by atoms with Crippen LogP contribution < -0.4 is 10.6 Å². The van der Waals surface area contributed by atoms with E-state index in [-0.39, 0.29) is 5.91 Å². The molecule has 1 fully saturated rings. The van der Waals surface area contributed by atoms with Crippen molar-refractivity contribution in [3.05, 3.63) is 34.9 Å². The highest BCUT2D eigenvalue weighted by atomic mass is 35.5. The van der Waals surface area contributed by atoms with Gasteiger partial charge in [-0.2, -0.15) is 0 Å². The topological polar surface area (TPSA) is 53.5 Å². The molecule has 90 valence electrons. The SMILES string of the molecule is CCN=C1NC(=O)C(C)(c2cccc(Cl)c2)N1. The highest BCUT2D eigenvalue weighted by molar-refractivity contribution is 6.30. The van der Waals surface area contributed by atoms with Crippen LogP contribution in [0.3, 0.4) is 0 Å². The molecule has 2 N–H and O–H groups in total. The van der Waals surface area contributed by atoms with Crippen molar-refractivity contribution < 1.29 is 4.79 Å². The summed E-state index contributed by atoms with van der Waals surface area (Å²) in [5, 5.41) is 6.42. The van der Waals surface area contributed by atoms with Gasteiger partial charge in [0.2, 0.25) is 0 Å². The highest BCUT2D eigenvalue weighted by Crippen LogP contribution is 2.26. The summed E-state index contributed by atoms with van der Waals surface area (Å²) in [6.07, 6.45) is 0. The zero-order valence-corrected chi connectivity index (χ0v) is 10.5. The molecule has 0 spiro atoms. The fraction of sp³-hybridized carbons (Fsp3) is 0.333. The summed E-state index contributed by atoms with van der Waals surface area (Å²) < 4.78 is 0. The third kappa shape index (κ3) is 2.13. The standard InChI is InChI=1S/C12H14ClN3O/c1-3-14-11-15-10(17)12(2,16-11)8-5-4-6-9(13)7-8/h4-7H,3H2,1-2H3,(H2,14,15,16,17). The summed E-state index contributed by atoms with van der Waals surface area (Å²) in [4.78, 5) is 16.2. The van der Waals surface area contributed by atoms with Crippen LogP contribution in [0.4, 0.5) is 0 Å². The number of benzene rings is 1. The van der Waals surface area contributed by atoms with E-state index in [0.717, 1.165) is 5.56 Å². The second kappa shape index (κ2) is 4.37. The van der Waals surface area contributed by atoms with E-state index in [0.29, 0.717) is 17.5 Å². The molecular weight excluding hydrogens is 238 g/mol. The smallest absolute Gasteiger partial charge is 0.256 e. The molecule has 5 heteroatoms. The van der Waals surface area contributed by atoms with Crippen LogP contribution in [0.25, 0.3) is 0 Å². The van der Waals surface area contributed by atoms with Crippen molar-refractivity contribution in [2.24, 2.45) is 4.99 Å². The monoisotopic (exact) mass is 251 g/mol. The minimum Gasteiger partial charge on any atom is -0.338 e. The average Bonchev–Trinajstić information content (AvgIpc) is 2.56. The molecule has 17 heavy (non-hydrogen) atoms. The fourth-order valence-corrected chi connectivity index (χ4v) is 1.99. The van der Waals surface area contributed by atoms with E-state index in [4.69, 9.17) is 11.6 Å². The van der Waals surface area contributed by atoms with Gasteiger partial charge >= 0.3 is 0 Å². The Bertz CT molecular complexity index is 486. The van der Waals surface area contributed by atoms with Crippen molar-refractivity contribution in [2.45, 2.75) is 19.4 Å². The first-order chi connectivity index (χ1) is 8.06. The second-order valence-corrected chi connectivity index (χ2v) is 4.47. The van der Waals surface area contributed by atoms with Crippen molar-refractivity contribution in [3.8, 4) is 0 Å². The van der Waals surface area contributed by atoms with Crippen LogP contribution in [-0.2, 0) is 10.3 Å². The van der Waals surface area contributed by atoms with E-state index in [9.17, 15) is 4.79 Å². The lowest BCUT2D eigenvalue weighted by Crippen LogP contribution is -2.40. The molecule has 0 aromatic heterocycles. The van der Waals surface area contributed by atoms with Gasteiger partial charge in [0.25, 0.3) is 5.91 Å². The second-order valence-electron chi connectivity index (χ2n) is 4.04. The molecule has 1 aromatic rings. The van der Waals surface area contributed by atoms with Crippen LogP contribution in [0, 0.1) is 0 Å². The summed E-state index contributed by atoms with van der Waals surface area (Å²) >= 11 is 5.94. The Morgan fingerprint density at radius 3 is 2.88 bits per heavy atom. The molecular formula is C12H14ClN3O. The van der Waals surface area contributed by atoms with Crippen LogP contribution >= 0.6 is 11.6 Å². The summed E-state index contributed by atoms with van der Waals surface area (Å²) in [7, 11) is 0. The number of carbonyl (C=O) groups excluding carboxylic acids is 1. The van der Waals surface area contributed by atoms with Crippen LogP contribution in [0.15, 0.2) is 29.3 Å². The third-order valence-corrected chi connectivity index (χ3v) is 3.01. The van der Waals surface area contributed by atoms with Crippen molar-refractivity contribution in [2.75, 3.05) is 6.54 Å². The van der Waals surface area contributed by atoms with Gasteiger partial charge in [0.1, 0.15) is 5.54 Å². The third-order valence-electron chi connectivity index (χ3n) is 2.77. The lowest BCUT2D eigenvalue weighted by atomic mass is 9.92. The summed E-state index contributed by atoms with van der Waals surface area (Å²) in [6, 6.07) is 7.26. The van der Waals surface area contributed by atoms with Crippen LogP contribution in [-0.4, -0.2) is 18.4 Å². The lowest BCUT2D eigenvalue weighted by Gasteiger charge is -2.21. The molecule has 0 aliphatic carbocycles. The van der Waals surface area contributed by atoms with Gasteiger partial charge in [0, 0.05) is 11.6 Å². The highest BCUT2D eigenvalue weighted by Gasteiger charge is 2.42. The number of halogens is 1. The number of nitrogens with one attached hydrogen (secondary N) is 2. The van der Waals surface area contributed by atoms with Gasteiger partial charge in [-0.05, 0) is 31.5 Å². The molecule has 0 radical (unpaired) electrons. The van der Waals surface area contributed by atoms with Gasteiger partial charge in [-0.15, -0.1) is 0 Å². The van der Waals surface area contributed by atoms with Crippen LogP contribution in [0.2, 0.25) is 5.02 Å². The average molecular weight is 252 g/mol. The number of nitrogens with zero attached hydrogens (tertiary/aromatic N) is 1. The fourth-order valence-electron chi connectivity index (χ4n) is 1.80. The van der Waals surface area contributed by atoms with E-state index in [2.05, 4.69) is 15.6 Å². The van der Waals surface area contributed by atoms with Gasteiger partial charge in [-0.1, -0.05) is 23.7 Å². The molecule has 1 unspecified atom stereocenters. The normalized spacial score (nSPS) is 25.8. The van der Waals surface area contributed by atoms with Gasteiger partial charge in [0.05, 0.1) is 0 Å². The molecule has 2 rings (SSSR count). The number of amides is 1. The predicted octanol–water partition coefficient (Wildman–Crippen LogP) is 1.65. The molecule has 1 amide bonds. The number of hydrogen-bond acceptors (Lipinski definition) is 2. The van der Waals surface area contributed by atoms with Gasteiger partial charge in [-0.3, -0.25) is 15.1 Å². The Labute approximate surface area is 105 Å². The first kappa shape index (κ1) is 11.9. The maximum Gasteiger partial charge on any atom is 0.256 e. The Kier molecular flexibility index (Phi) is 3.07.